The van der Waals surface area contributed by atoms with Crippen molar-refractivity contribution in [2.75, 3.05) is 31.6 Å². The van der Waals surface area contributed by atoms with Crippen molar-refractivity contribution >= 4 is 33.1 Å². The van der Waals surface area contributed by atoms with Gasteiger partial charge in [0.1, 0.15) is 4.21 Å². The topological polar surface area (TPSA) is 58.2 Å². The molecule has 1 aromatic rings. The first-order valence-corrected chi connectivity index (χ1v) is 11.1. The van der Waals surface area contributed by atoms with Gasteiger partial charge in [-0.2, -0.15) is 11.8 Å². The van der Waals surface area contributed by atoms with E-state index >= 15 is 0 Å². The molecule has 0 bridgehead atoms. The first-order valence-electron chi connectivity index (χ1n) is 7.38. The molecule has 2 N–H and O–H groups in total. The number of rotatable bonds is 12. The molecule has 0 saturated carbocycles. The molecule has 7 heteroatoms. The third-order valence-corrected chi connectivity index (χ3v) is 6.74. The SMILES string of the molecule is CCCNCCc1ccc(S(=O)(=O)NCCCCSC)s1. The van der Waals surface area contributed by atoms with E-state index in [1.54, 1.807) is 17.8 Å². The molecule has 0 aliphatic heterocycles. The van der Waals surface area contributed by atoms with Crippen LogP contribution >= 0.6 is 23.1 Å². The van der Waals surface area contributed by atoms with E-state index in [0.29, 0.717) is 10.8 Å². The van der Waals surface area contributed by atoms with Crippen molar-refractivity contribution in [3.8, 4) is 0 Å². The van der Waals surface area contributed by atoms with Crippen molar-refractivity contribution in [3.05, 3.63) is 17.0 Å². The molecule has 1 aromatic heterocycles. The summed E-state index contributed by atoms with van der Waals surface area (Å²) in [6.45, 7) is 4.56. The normalized spacial score (nSPS) is 11.9. The molecular formula is C14H26N2O2S3. The Morgan fingerprint density at radius 2 is 2.00 bits per heavy atom. The van der Waals surface area contributed by atoms with Gasteiger partial charge < -0.3 is 5.32 Å². The molecule has 0 saturated heterocycles. The Morgan fingerprint density at radius 3 is 2.71 bits per heavy atom. The number of unbranched alkanes of at least 4 members (excludes halogenated alkanes) is 1. The second-order valence-electron chi connectivity index (χ2n) is 4.82. The highest BCUT2D eigenvalue weighted by Gasteiger charge is 2.15. The van der Waals surface area contributed by atoms with Gasteiger partial charge in [-0.25, -0.2) is 13.1 Å². The molecule has 0 spiro atoms. The van der Waals surface area contributed by atoms with E-state index in [2.05, 4.69) is 23.2 Å². The fourth-order valence-electron chi connectivity index (χ4n) is 1.80. The molecule has 21 heavy (non-hydrogen) atoms. The summed E-state index contributed by atoms with van der Waals surface area (Å²) in [5.74, 6) is 1.08. The smallest absolute Gasteiger partial charge is 0.250 e. The fraction of sp³-hybridized carbons (Fsp3) is 0.714. The second kappa shape index (κ2) is 10.6. The fourth-order valence-corrected chi connectivity index (χ4v) is 4.77. The van der Waals surface area contributed by atoms with Crippen LogP contribution < -0.4 is 10.0 Å². The zero-order chi connectivity index (χ0) is 15.6. The lowest BCUT2D eigenvalue weighted by Gasteiger charge is -2.04. The van der Waals surface area contributed by atoms with Crippen molar-refractivity contribution in [1.82, 2.24) is 10.0 Å². The molecule has 122 valence electrons. The third kappa shape index (κ3) is 7.65. The zero-order valence-corrected chi connectivity index (χ0v) is 15.3. The van der Waals surface area contributed by atoms with Crippen LogP contribution in [-0.4, -0.2) is 40.1 Å². The van der Waals surface area contributed by atoms with Gasteiger partial charge in [-0.05, 0) is 62.9 Å². The minimum Gasteiger partial charge on any atom is -0.316 e. The van der Waals surface area contributed by atoms with Crippen molar-refractivity contribution in [1.29, 1.82) is 0 Å². The minimum absolute atomic E-state index is 0.429. The Bertz CT molecular complexity index is 486. The molecular weight excluding hydrogens is 324 g/mol. The van der Waals surface area contributed by atoms with Gasteiger partial charge in [0.15, 0.2) is 0 Å². The predicted octanol–water partition coefficient (Wildman–Crippen LogP) is 2.71. The van der Waals surface area contributed by atoms with E-state index in [1.165, 1.54) is 11.3 Å². The summed E-state index contributed by atoms with van der Waals surface area (Å²) in [6.07, 6.45) is 5.99. The second-order valence-corrected chi connectivity index (χ2v) is 8.97. The molecule has 4 nitrogen and oxygen atoms in total. The van der Waals surface area contributed by atoms with Crippen LogP contribution in [0, 0.1) is 0 Å². The summed E-state index contributed by atoms with van der Waals surface area (Å²) >= 11 is 3.16. The maximum absolute atomic E-state index is 12.1. The van der Waals surface area contributed by atoms with E-state index in [-0.39, 0.29) is 0 Å². The van der Waals surface area contributed by atoms with E-state index in [1.807, 2.05) is 6.07 Å². The van der Waals surface area contributed by atoms with Crippen LogP contribution in [0.2, 0.25) is 0 Å². The molecule has 0 unspecified atom stereocenters. The lowest BCUT2D eigenvalue weighted by atomic mass is 10.3. The molecule has 0 fully saturated rings. The molecule has 0 radical (unpaired) electrons. The predicted molar refractivity (Wildman–Crippen MR) is 94.0 cm³/mol. The number of hydrogen-bond acceptors (Lipinski definition) is 5. The van der Waals surface area contributed by atoms with Crippen LogP contribution in [0.3, 0.4) is 0 Å². The van der Waals surface area contributed by atoms with Crippen molar-refractivity contribution < 1.29 is 8.42 Å². The van der Waals surface area contributed by atoms with Gasteiger partial charge >= 0.3 is 0 Å². The quantitative estimate of drug-likeness (QED) is 0.569. The van der Waals surface area contributed by atoms with E-state index in [4.69, 9.17) is 0 Å². The Morgan fingerprint density at radius 1 is 1.19 bits per heavy atom. The van der Waals surface area contributed by atoms with Crippen LogP contribution in [0.5, 0.6) is 0 Å². The molecule has 0 amide bonds. The zero-order valence-electron chi connectivity index (χ0n) is 12.9. The summed E-state index contributed by atoms with van der Waals surface area (Å²) < 4.78 is 27.4. The molecule has 1 heterocycles. The maximum atomic E-state index is 12.1. The first kappa shape index (κ1) is 19.0. The summed E-state index contributed by atoms with van der Waals surface area (Å²) in [6, 6.07) is 3.63. The van der Waals surface area contributed by atoms with Crippen molar-refractivity contribution in [2.24, 2.45) is 0 Å². The van der Waals surface area contributed by atoms with Crippen LogP contribution in [-0.2, 0) is 16.4 Å². The van der Waals surface area contributed by atoms with E-state index in [0.717, 1.165) is 49.4 Å². The number of nitrogens with one attached hydrogen (secondary N) is 2. The lowest BCUT2D eigenvalue weighted by molar-refractivity contribution is 0.580. The number of thioether (sulfide) groups is 1. The Kier molecular flexibility index (Phi) is 9.59. The van der Waals surface area contributed by atoms with Gasteiger partial charge in [-0.1, -0.05) is 6.92 Å². The monoisotopic (exact) mass is 350 g/mol. The van der Waals surface area contributed by atoms with Gasteiger partial charge in [-0.15, -0.1) is 11.3 Å². The largest absolute Gasteiger partial charge is 0.316 e. The van der Waals surface area contributed by atoms with Gasteiger partial charge in [0.2, 0.25) is 10.0 Å². The maximum Gasteiger partial charge on any atom is 0.250 e. The van der Waals surface area contributed by atoms with E-state index < -0.39 is 10.0 Å². The lowest BCUT2D eigenvalue weighted by Crippen LogP contribution is -2.24. The Labute approximate surface area is 137 Å². The van der Waals surface area contributed by atoms with Crippen LogP contribution in [0.25, 0.3) is 0 Å². The molecule has 0 atom stereocenters. The number of hydrogen-bond donors (Lipinski definition) is 2. The molecule has 0 aliphatic carbocycles. The highest BCUT2D eigenvalue weighted by molar-refractivity contribution is 7.98. The average Bonchev–Trinajstić information content (AvgIpc) is 2.93. The van der Waals surface area contributed by atoms with Crippen LogP contribution in [0.4, 0.5) is 0 Å². The molecule has 0 aliphatic rings. The van der Waals surface area contributed by atoms with Crippen LogP contribution in [0.15, 0.2) is 16.3 Å². The van der Waals surface area contributed by atoms with Gasteiger partial charge in [0.05, 0.1) is 0 Å². The van der Waals surface area contributed by atoms with Crippen LogP contribution in [0.1, 0.15) is 31.1 Å². The number of sulfonamides is 1. The standard InChI is InChI=1S/C14H26N2O2S3/c1-3-9-15-11-8-13-6-7-14(20-13)21(17,18)16-10-4-5-12-19-2/h6-7,15-16H,3-5,8-12H2,1-2H3. The Hall–Kier alpha value is -0.0800. The third-order valence-electron chi connectivity index (χ3n) is 2.94. The summed E-state index contributed by atoms with van der Waals surface area (Å²) in [7, 11) is -3.32. The molecule has 1 rings (SSSR count). The average molecular weight is 351 g/mol. The molecule has 0 aromatic carbocycles. The minimum atomic E-state index is -3.32. The summed E-state index contributed by atoms with van der Waals surface area (Å²) in [5, 5.41) is 3.32. The van der Waals surface area contributed by atoms with Crippen molar-refractivity contribution in [3.63, 3.8) is 0 Å². The van der Waals surface area contributed by atoms with Crippen molar-refractivity contribution in [2.45, 2.75) is 36.8 Å². The Balaban J connectivity index is 2.39. The summed E-state index contributed by atoms with van der Waals surface area (Å²) in [5.41, 5.74) is 0. The van der Waals surface area contributed by atoms with Gasteiger partial charge in [0, 0.05) is 11.4 Å². The summed E-state index contributed by atoms with van der Waals surface area (Å²) in [4.78, 5) is 1.11. The highest BCUT2D eigenvalue weighted by atomic mass is 32.2. The highest BCUT2D eigenvalue weighted by Crippen LogP contribution is 2.21. The first-order chi connectivity index (χ1) is 10.1. The number of thiophene rings is 1. The van der Waals surface area contributed by atoms with Gasteiger partial charge in [0.25, 0.3) is 0 Å². The van der Waals surface area contributed by atoms with Gasteiger partial charge in [-0.3, -0.25) is 0 Å². The van der Waals surface area contributed by atoms with E-state index in [9.17, 15) is 8.42 Å².